The van der Waals surface area contributed by atoms with Gasteiger partial charge in [-0.1, -0.05) is 0 Å². The zero-order valence-electron chi connectivity index (χ0n) is 13.6. The van der Waals surface area contributed by atoms with Crippen LogP contribution < -0.4 is 10.0 Å². The van der Waals surface area contributed by atoms with Crippen LogP contribution in [0.4, 0.5) is 0 Å². The Bertz CT molecular complexity index is 616. The fraction of sp³-hybridized carbons (Fsp3) is 0.625. The quantitative estimate of drug-likeness (QED) is 0.897. The summed E-state index contributed by atoms with van der Waals surface area (Å²) in [5.74, 6) is 0. The maximum atomic E-state index is 12.7. The Kier molecular flexibility index (Phi) is 4.76. The first-order valence-electron chi connectivity index (χ1n) is 7.55. The van der Waals surface area contributed by atoms with E-state index in [0.717, 1.165) is 41.6 Å². The highest BCUT2D eigenvalue weighted by molar-refractivity contribution is 7.89. The molecule has 2 N–H and O–H groups in total. The molecule has 1 aromatic carbocycles. The van der Waals surface area contributed by atoms with Crippen molar-refractivity contribution < 1.29 is 8.42 Å². The van der Waals surface area contributed by atoms with Gasteiger partial charge in [0.05, 0.1) is 4.90 Å². The topological polar surface area (TPSA) is 58.2 Å². The standard InChI is InChI=1S/C16H26N2O2S/c1-10-11(2)13(4)16(14(5)12(10)3)21(19,20)18-9-15-7-6-8-17-15/h15,17-18H,6-9H2,1-5H3/t15-/m0/s1. The van der Waals surface area contributed by atoms with Crippen LogP contribution >= 0.6 is 0 Å². The van der Waals surface area contributed by atoms with E-state index in [4.69, 9.17) is 0 Å². The molecule has 0 bridgehead atoms. The van der Waals surface area contributed by atoms with Gasteiger partial charge in [0.2, 0.25) is 10.0 Å². The smallest absolute Gasteiger partial charge is 0.241 e. The average molecular weight is 310 g/mol. The monoisotopic (exact) mass is 310 g/mol. The minimum Gasteiger partial charge on any atom is -0.313 e. The number of benzene rings is 1. The van der Waals surface area contributed by atoms with Crippen LogP contribution in [0, 0.1) is 34.6 Å². The Morgan fingerprint density at radius 1 is 1.00 bits per heavy atom. The fourth-order valence-corrected chi connectivity index (χ4v) is 4.76. The van der Waals surface area contributed by atoms with Gasteiger partial charge in [0.25, 0.3) is 0 Å². The molecule has 0 saturated carbocycles. The van der Waals surface area contributed by atoms with Gasteiger partial charge in [-0.15, -0.1) is 0 Å². The lowest BCUT2D eigenvalue weighted by atomic mass is 9.95. The summed E-state index contributed by atoms with van der Waals surface area (Å²) in [6.07, 6.45) is 2.15. The summed E-state index contributed by atoms with van der Waals surface area (Å²) < 4.78 is 28.2. The zero-order chi connectivity index (χ0) is 15.8. The van der Waals surface area contributed by atoms with E-state index in [9.17, 15) is 8.42 Å². The van der Waals surface area contributed by atoms with E-state index in [1.54, 1.807) is 0 Å². The molecule has 1 aliphatic heterocycles. The molecule has 1 fully saturated rings. The molecule has 1 heterocycles. The minimum absolute atomic E-state index is 0.257. The first kappa shape index (κ1) is 16.5. The van der Waals surface area contributed by atoms with Gasteiger partial charge in [-0.25, -0.2) is 13.1 Å². The highest BCUT2D eigenvalue weighted by atomic mass is 32.2. The lowest BCUT2D eigenvalue weighted by molar-refractivity contribution is 0.550. The number of hydrogen-bond donors (Lipinski definition) is 2. The van der Waals surface area contributed by atoms with Crippen LogP contribution in [0.2, 0.25) is 0 Å². The van der Waals surface area contributed by atoms with Crippen molar-refractivity contribution in [2.45, 2.75) is 58.4 Å². The van der Waals surface area contributed by atoms with Crippen LogP contribution in [-0.2, 0) is 10.0 Å². The van der Waals surface area contributed by atoms with Crippen LogP contribution in [0.15, 0.2) is 4.90 Å². The molecule has 1 aliphatic rings. The van der Waals surface area contributed by atoms with Crippen LogP contribution in [-0.4, -0.2) is 27.5 Å². The van der Waals surface area contributed by atoms with Gasteiger partial charge in [0.15, 0.2) is 0 Å². The van der Waals surface area contributed by atoms with Gasteiger partial charge >= 0.3 is 0 Å². The summed E-state index contributed by atoms with van der Waals surface area (Å²) >= 11 is 0. The molecule has 0 radical (unpaired) electrons. The third-order valence-electron chi connectivity index (χ3n) is 4.88. The van der Waals surface area contributed by atoms with Gasteiger partial charge in [-0.2, -0.15) is 0 Å². The van der Waals surface area contributed by atoms with Crippen molar-refractivity contribution in [2.75, 3.05) is 13.1 Å². The Hall–Kier alpha value is -0.910. The summed E-state index contributed by atoms with van der Waals surface area (Å²) in [5, 5.41) is 3.31. The highest BCUT2D eigenvalue weighted by Gasteiger charge is 2.25. The molecule has 21 heavy (non-hydrogen) atoms. The second kappa shape index (κ2) is 6.07. The van der Waals surface area contributed by atoms with Gasteiger partial charge in [-0.3, -0.25) is 0 Å². The lowest BCUT2D eigenvalue weighted by Gasteiger charge is -2.20. The summed E-state index contributed by atoms with van der Waals surface area (Å²) in [6.45, 7) is 11.3. The normalized spacial score (nSPS) is 19.2. The number of hydrogen-bond acceptors (Lipinski definition) is 3. The predicted octanol–water partition coefficient (Wildman–Crippen LogP) is 2.26. The number of sulfonamides is 1. The average Bonchev–Trinajstić information content (AvgIpc) is 2.94. The SMILES string of the molecule is Cc1c(C)c(C)c(S(=O)(=O)NC[C@@H]2CCCN2)c(C)c1C. The van der Waals surface area contributed by atoms with Crippen LogP contribution in [0.5, 0.6) is 0 Å². The first-order valence-corrected chi connectivity index (χ1v) is 9.04. The Labute approximate surface area is 128 Å². The van der Waals surface area contributed by atoms with Crippen molar-refractivity contribution in [3.05, 3.63) is 27.8 Å². The third kappa shape index (κ3) is 3.15. The Morgan fingerprint density at radius 3 is 2.00 bits per heavy atom. The molecular formula is C16H26N2O2S. The third-order valence-corrected chi connectivity index (χ3v) is 6.58. The largest absolute Gasteiger partial charge is 0.313 e. The molecule has 5 heteroatoms. The second-order valence-corrected chi connectivity index (χ2v) is 7.80. The van der Waals surface area contributed by atoms with Crippen molar-refractivity contribution >= 4 is 10.0 Å². The van der Waals surface area contributed by atoms with E-state index in [-0.39, 0.29) is 6.04 Å². The van der Waals surface area contributed by atoms with E-state index in [1.165, 1.54) is 5.56 Å². The summed E-state index contributed by atoms with van der Waals surface area (Å²) in [6, 6.07) is 0.257. The zero-order valence-corrected chi connectivity index (χ0v) is 14.4. The molecule has 0 aromatic heterocycles. The number of rotatable bonds is 4. The summed E-state index contributed by atoms with van der Waals surface area (Å²) in [4.78, 5) is 0.459. The van der Waals surface area contributed by atoms with Crippen molar-refractivity contribution in [2.24, 2.45) is 0 Å². The highest BCUT2D eigenvalue weighted by Crippen LogP contribution is 2.29. The molecule has 1 aromatic rings. The van der Waals surface area contributed by atoms with E-state index >= 15 is 0 Å². The molecule has 0 unspecified atom stereocenters. The number of nitrogens with one attached hydrogen (secondary N) is 2. The first-order chi connectivity index (χ1) is 9.75. The van der Waals surface area contributed by atoms with E-state index in [0.29, 0.717) is 11.4 Å². The molecule has 1 atom stereocenters. The van der Waals surface area contributed by atoms with E-state index in [1.807, 2.05) is 27.7 Å². The fourth-order valence-electron chi connectivity index (χ4n) is 3.08. The predicted molar refractivity (Wildman–Crippen MR) is 86.3 cm³/mol. The molecule has 0 amide bonds. The maximum Gasteiger partial charge on any atom is 0.241 e. The molecule has 118 valence electrons. The van der Waals surface area contributed by atoms with Gasteiger partial charge in [-0.05, 0) is 81.8 Å². The second-order valence-electron chi connectivity index (χ2n) is 6.10. The Balaban J connectivity index is 2.35. The van der Waals surface area contributed by atoms with E-state index in [2.05, 4.69) is 17.0 Å². The molecule has 2 rings (SSSR count). The van der Waals surface area contributed by atoms with E-state index < -0.39 is 10.0 Å². The van der Waals surface area contributed by atoms with Crippen LogP contribution in [0.1, 0.15) is 40.7 Å². The summed E-state index contributed by atoms with van der Waals surface area (Å²) in [7, 11) is -3.46. The molecular weight excluding hydrogens is 284 g/mol. The summed E-state index contributed by atoms with van der Waals surface area (Å²) in [5.41, 5.74) is 5.04. The van der Waals surface area contributed by atoms with Crippen molar-refractivity contribution in [1.29, 1.82) is 0 Å². The molecule has 0 aliphatic carbocycles. The minimum atomic E-state index is -3.46. The van der Waals surface area contributed by atoms with Crippen molar-refractivity contribution in [3.63, 3.8) is 0 Å². The molecule has 0 spiro atoms. The van der Waals surface area contributed by atoms with Gasteiger partial charge in [0.1, 0.15) is 0 Å². The van der Waals surface area contributed by atoms with Crippen LogP contribution in [0.25, 0.3) is 0 Å². The molecule has 1 saturated heterocycles. The lowest BCUT2D eigenvalue weighted by Crippen LogP contribution is -2.37. The van der Waals surface area contributed by atoms with Crippen molar-refractivity contribution in [3.8, 4) is 0 Å². The van der Waals surface area contributed by atoms with Gasteiger partial charge < -0.3 is 5.32 Å². The molecule has 4 nitrogen and oxygen atoms in total. The van der Waals surface area contributed by atoms with Gasteiger partial charge in [0, 0.05) is 12.6 Å². The maximum absolute atomic E-state index is 12.7. The van der Waals surface area contributed by atoms with Crippen molar-refractivity contribution in [1.82, 2.24) is 10.0 Å². The Morgan fingerprint density at radius 2 is 1.52 bits per heavy atom. The van der Waals surface area contributed by atoms with Crippen LogP contribution in [0.3, 0.4) is 0 Å².